The molecule has 0 saturated heterocycles. The molecule has 2 aromatic rings. The molecule has 2 rings (SSSR count). The number of amides is 2. The number of nitrogens with zero attached hydrogens (tertiary/aromatic N) is 1. The summed E-state index contributed by atoms with van der Waals surface area (Å²) in [5, 5.41) is 2.44. The van der Waals surface area contributed by atoms with E-state index < -0.39 is 5.91 Å². The molecular weight excluding hydrogens is 300 g/mol. The van der Waals surface area contributed by atoms with Crippen LogP contribution >= 0.6 is 0 Å². The molecule has 2 amide bonds. The lowest BCUT2D eigenvalue weighted by molar-refractivity contribution is -0.135. The largest absolute Gasteiger partial charge is 0.368 e. The average Bonchev–Trinajstić information content (AvgIpc) is 2.53. The Bertz CT molecular complexity index is 710. The van der Waals surface area contributed by atoms with Crippen molar-refractivity contribution in [3.8, 4) is 0 Å². The van der Waals surface area contributed by atoms with Crippen LogP contribution in [0.1, 0.15) is 32.3 Å². The van der Waals surface area contributed by atoms with Gasteiger partial charge in [0.15, 0.2) is 0 Å². The van der Waals surface area contributed by atoms with Crippen molar-refractivity contribution in [2.24, 2.45) is 11.7 Å². The summed E-state index contributed by atoms with van der Waals surface area (Å²) < 4.78 is 0. The van der Waals surface area contributed by atoms with Gasteiger partial charge in [0.25, 0.3) is 0 Å². The van der Waals surface area contributed by atoms with Crippen LogP contribution in [0.2, 0.25) is 0 Å². The van der Waals surface area contributed by atoms with Gasteiger partial charge in [-0.3, -0.25) is 9.59 Å². The standard InChI is InChI=1S/C20H26N2O2/c1-15(2)13-22(14-19(21)23)20(24)9-5-6-16-10-11-17-7-3-4-8-18(17)12-16/h3-4,7-8,10-12,15H,5-6,9,13-14H2,1-2H3,(H2,21,23). The fraction of sp³-hybridized carbons (Fsp3) is 0.400. The third-order valence-electron chi connectivity index (χ3n) is 3.95. The highest BCUT2D eigenvalue weighted by molar-refractivity contribution is 5.84. The van der Waals surface area contributed by atoms with E-state index in [4.69, 9.17) is 5.73 Å². The van der Waals surface area contributed by atoms with E-state index in [2.05, 4.69) is 30.3 Å². The normalized spacial score (nSPS) is 11.0. The third-order valence-corrected chi connectivity index (χ3v) is 3.95. The first-order valence-corrected chi connectivity index (χ1v) is 8.49. The van der Waals surface area contributed by atoms with Crippen LogP contribution in [0.25, 0.3) is 10.8 Å². The SMILES string of the molecule is CC(C)CN(CC(N)=O)C(=O)CCCc1ccc2ccccc2c1. The molecule has 0 bridgehead atoms. The van der Waals surface area contributed by atoms with Crippen molar-refractivity contribution in [2.75, 3.05) is 13.1 Å². The summed E-state index contributed by atoms with van der Waals surface area (Å²) >= 11 is 0. The molecule has 0 saturated carbocycles. The molecule has 24 heavy (non-hydrogen) atoms. The number of hydrogen-bond donors (Lipinski definition) is 1. The number of nitrogens with two attached hydrogens (primary N) is 1. The highest BCUT2D eigenvalue weighted by Crippen LogP contribution is 2.17. The smallest absolute Gasteiger partial charge is 0.237 e. The Hall–Kier alpha value is -2.36. The topological polar surface area (TPSA) is 63.4 Å². The van der Waals surface area contributed by atoms with Crippen LogP contribution in [0, 0.1) is 5.92 Å². The van der Waals surface area contributed by atoms with Gasteiger partial charge in [0, 0.05) is 13.0 Å². The number of carbonyl (C=O) groups excluding carboxylic acids is 2. The highest BCUT2D eigenvalue weighted by Gasteiger charge is 2.16. The molecule has 0 aliphatic heterocycles. The second kappa shape index (κ2) is 8.48. The van der Waals surface area contributed by atoms with Crippen molar-refractivity contribution in [3.63, 3.8) is 0 Å². The zero-order valence-electron chi connectivity index (χ0n) is 14.5. The van der Waals surface area contributed by atoms with E-state index in [9.17, 15) is 9.59 Å². The lowest BCUT2D eigenvalue weighted by Gasteiger charge is -2.23. The minimum atomic E-state index is -0.460. The first-order chi connectivity index (χ1) is 11.5. The Kier molecular flexibility index (Phi) is 6.36. The number of fused-ring (bicyclic) bond motifs is 1. The third kappa shape index (κ3) is 5.37. The van der Waals surface area contributed by atoms with E-state index in [1.807, 2.05) is 26.0 Å². The van der Waals surface area contributed by atoms with Crippen LogP contribution < -0.4 is 5.73 Å². The van der Waals surface area contributed by atoms with Crippen molar-refractivity contribution >= 4 is 22.6 Å². The molecule has 0 radical (unpaired) electrons. The van der Waals surface area contributed by atoms with E-state index >= 15 is 0 Å². The zero-order valence-corrected chi connectivity index (χ0v) is 14.5. The summed E-state index contributed by atoms with van der Waals surface area (Å²) in [5.74, 6) is -0.143. The molecule has 4 nitrogen and oxygen atoms in total. The lowest BCUT2D eigenvalue weighted by atomic mass is 10.0. The Balaban J connectivity index is 1.90. The minimum absolute atomic E-state index is 0.00305. The van der Waals surface area contributed by atoms with Gasteiger partial charge in [0.1, 0.15) is 0 Å². The monoisotopic (exact) mass is 326 g/mol. The van der Waals surface area contributed by atoms with Crippen molar-refractivity contribution in [2.45, 2.75) is 33.1 Å². The maximum absolute atomic E-state index is 12.3. The molecule has 0 aliphatic rings. The Morgan fingerprint density at radius 2 is 1.79 bits per heavy atom. The molecule has 0 unspecified atom stereocenters. The van der Waals surface area contributed by atoms with Crippen LogP contribution in [0.15, 0.2) is 42.5 Å². The van der Waals surface area contributed by atoms with Crippen LogP contribution in [0.3, 0.4) is 0 Å². The van der Waals surface area contributed by atoms with Crippen LogP contribution in [0.4, 0.5) is 0 Å². The van der Waals surface area contributed by atoms with E-state index in [-0.39, 0.29) is 12.5 Å². The molecule has 128 valence electrons. The van der Waals surface area contributed by atoms with Crippen molar-refractivity contribution in [1.82, 2.24) is 4.90 Å². The van der Waals surface area contributed by atoms with Gasteiger partial charge in [-0.15, -0.1) is 0 Å². The van der Waals surface area contributed by atoms with Gasteiger partial charge >= 0.3 is 0 Å². The number of hydrogen-bond acceptors (Lipinski definition) is 2. The fourth-order valence-corrected chi connectivity index (χ4v) is 2.88. The van der Waals surface area contributed by atoms with E-state index in [0.717, 1.165) is 12.8 Å². The summed E-state index contributed by atoms with van der Waals surface area (Å²) in [4.78, 5) is 25.1. The van der Waals surface area contributed by atoms with Gasteiger partial charge < -0.3 is 10.6 Å². The van der Waals surface area contributed by atoms with Crippen molar-refractivity contribution in [3.05, 3.63) is 48.0 Å². The van der Waals surface area contributed by atoms with E-state index in [1.165, 1.54) is 16.3 Å². The first kappa shape index (κ1) is 18.0. The Morgan fingerprint density at radius 1 is 1.08 bits per heavy atom. The second-order valence-corrected chi connectivity index (χ2v) is 6.67. The quantitative estimate of drug-likeness (QED) is 0.810. The van der Waals surface area contributed by atoms with Crippen molar-refractivity contribution < 1.29 is 9.59 Å². The summed E-state index contributed by atoms with van der Waals surface area (Å²) in [7, 11) is 0. The lowest BCUT2D eigenvalue weighted by Crippen LogP contribution is -2.40. The summed E-state index contributed by atoms with van der Waals surface area (Å²) in [5.41, 5.74) is 6.48. The predicted octanol–water partition coefficient (Wildman–Crippen LogP) is 3.13. The summed E-state index contributed by atoms with van der Waals surface area (Å²) in [6, 6.07) is 14.7. The molecule has 0 fully saturated rings. The number of aryl methyl sites for hydroxylation is 1. The van der Waals surface area contributed by atoms with Crippen LogP contribution in [-0.4, -0.2) is 29.8 Å². The number of carbonyl (C=O) groups is 2. The molecule has 0 aromatic heterocycles. The molecule has 0 aliphatic carbocycles. The molecule has 0 atom stereocenters. The maximum atomic E-state index is 12.3. The Morgan fingerprint density at radius 3 is 2.46 bits per heavy atom. The number of rotatable bonds is 8. The van der Waals surface area contributed by atoms with Gasteiger partial charge in [0.2, 0.25) is 11.8 Å². The van der Waals surface area contributed by atoms with E-state index in [1.54, 1.807) is 4.90 Å². The number of benzene rings is 2. The molecular formula is C20H26N2O2. The van der Waals surface area contributed by atoms with Gasteiger partial charge in [-0.25, -0.2) is 0 Å². The first-order valence-electron chi connectivity index (χ1n) is 8.49. The molecule has 0 heterocycles. The van der Waals surface area contributed by atoms with Gasteiger partial charge in [-0.05, 0) is 35.1 Å². The average molecular weight is 326 g/mol. The Labute approximate surface area is 143 Å². The van der Waals surface area contributed by atoms with Crippen molar-refractivity contribution in [1.29, 1.82) is 0 Å². The highest BCUT2D eigenvalue weighted by atomic mass is 16.2. The summed E-state index contributed by atoms with van der Waals surface area (Å²) in [6.45, 7) is 4.62. The molecule has 4 heteroatoms. The van der Waals surface area contributed by atoms with Gasteiger partial charge in [0.05, 0.1) is 6.54 Å². The summed E-state index contributed by atoms with van der Waals surface area (Å²) in [6.07, 6.45) is 2.06. The molecule has 0 spiro atoms. The number of primary amides is 1. The molecule has 2 N–H and O–H groups in total. The van der Waals surface area contributed by atoms with Gasteiger partial charge in [-0.1, -0.05) is 56.3 Å². The zero-order chi connectivity index (χ0) is 17.5. The molecule has 2 aromatic carbocycles. The van der Waals surface area contributed by atoms with E-state index in [0.29, 0.717) is 18.9 Å². The van der Waals surface area contributed by atoms with Crippen LogP contribution in [-0.2, 0) is 16.0 Å². The van der Waals surface area contributed by atoms with Crippen LogP contribution in [0.5, 0.6) is 0 Å². The van der Waals surface area contributed by atoms with Gasteiger partial charge in [-0.2, -0.15) is 0 Å². The second-order valence-electron chi connectivity index (χ2n) is 6.67. The maximum Gasteiger partial charge on any atom is 0.237 e. The minimum Gasteiger partial charge on any atom is -0.368 e. The predicted molar refractivity (Wildman–Crippen MR) is 97.5 cm³/mol. The fourth-order valence-electron chi connectivity index (χ4n) is 2.88.